The van der Waals surface area contributed by atoms with Crippen LogP contribution in [-0.4, -0.2) is 16.1 Å². The highest BCUT2D eigenvalue weighted by atomic mass is 32.1. The monoisotopic (exact) mass is 252 g/mol. The van der Waals surface area contributed by atoms with Crippen molar-refractivity contribution in [1.29, 1.82) is 0 Å². The molecule has 2 rings (SSSR count). The van der Waals surface area contributed by atoms with Crippen molar-refractivity contribution < 1.29 is 9.21 Å². The van der Waals surface area contributed by atoms with E-state index in [9.17, 15) is 4.79 Å². The molecule has 2 heterocycles. The fourth-order valence-corrected chi connectivity index (χ4v) is 1.89. The molecule has 17 heavy (non-hydrogen) atoms. The number of rotatable bonds is 3. The predicted octanol–water partition coefficient (Wildman–Crippen LogP) is 2.09. The first kappa shape index (κ1) is 11.6. The second-order valence-corrected chi connectivity index (χ2v) is 4.77. The van der Waals surface area contributed by atoms with E-state index < -0.39 is 0 Å². The highest BCUT2D eigenvalue weighted by Gasteiger charge is 2.14. The van der Waals surface area contributed by atoms with Crippen molar-refractivity contribution in [3.63, 3.8) is 0 Å². The van der Waals surface area contributed by atoms with Gasteiger partial charge in [-0.15, -0.1) is 10.2 Å². The van der Waals surface area contributed by atoms with Gasteiger partial charge in [0.1, 0.15) is 5.01 Å². The van der Waals surface area contributed by atoms with Crippen LogP contribution in [0.1, 0.15) is 35.3 Å². The molecule has 0 atom stereocenters. The number of nitrogens with two attached hydrogens (primary N) is 1. The molecule has 0 aliphatic heterocycles. The first-order chi connectivity index (χ1) is 8.06. The molecule has 2 aromatic heterocycles. The minimum Gasteiger partial charge on any atom is -0.436 e. The van der Waals surface area contributed by atoms with E-state index in [1.807, 2.05) is 13.8 Å². The lowest BCUT2D eigenvalue weighted by Crippen LogP contribution is -2.10. The standard InChI is InChI=1S/C10H12N4O2S/c1-5(2)9-13-14-10(17-9)12-8(15)6-3-4-7(11)16-6/h3-5H,11H2,1-2H3,(H,12,14,15). The molecule has 0 fully saturated rings. The molecule has 7 heteroatoms. The van der Waals surface area contributed by atoms with E-state index in [0.717, 1.165) is 5.01 Å². The zero-order chi connectivity index (χ0) is 12.4. The average molecular weight is 252 g/mol. The summed E-state index contributed by atoms with van der Waals surface area (Å²) < 4.78 is 4.99. The average Bonchev–Trinajstić information content (AvgIpc) is 2.86. The highest BCUT2D eigenvalue weighted by molar-refractivity contribution is 7.15. The lowest BCUT2D eigenvalue weighted by atomic mass is 10.2. The maximum atomic E-state index is 11.7. The van der Waals surface area contributed by atoms with Gasteiger partial charge >= 0.3 is 0 Å². The molecule has 0 saturated heterocycles. The van der Waals surface area contributed by atoms with Gasteiger partial charge in [0.2, 0.25) is 5.13 Å². The number of amides is 1. The van der Waals surface area contributed by atoms with Crippen molar-refractivity contribution in [2.45, 2.75) is 19.8 Å². The smallest absolute Gasteiger partial charge is 0.293 e. The summed E-state index contributed by atoms with van der Waals surface area (Å²) in [6.07, 6.45) is 0. The largest absolute Gasteiger partial charge is 0.436 e. The number of nitrogen functional groups attached to an aromatic ring is 1. The van der Waals surface area contributed by atoms with E-state index in [2.05, 4.69) is 15.5 Å². The Kier molecular flexibility index (Phi) is 3.10. The minimum atomic E-state index is -0.381. The van der Waals surface area contributed by atoms with E-state index in [-0.39, 0.29) is 23.5 Å². The maximum absolute atomic E-state index is 11.7. The third-order valence-corrected chi connectivity index (χ3v) is 3.14. The third kappa shape index (κ3) is 2.62. The Balaban J connectivity index is 2.07. The molecule has 0 saturated carbocycles. The van der Waals surface area contributed by atoms with E-state index in [0.29, 0.717) is 5.13 Å². The molecule has 1 amide bonds. The maximum Gasteiger partial charge on any atom is 0.293 e. The first-order valence-electron chi connectivity index (χ1n) is 5.06. The molecule has 0 unspecified atom stereocenters. The Morgan fingerprint density at radius 2 is 2.24 bits per heavy atom. The van der Waals surface area contributed by atoms with Gasteiger partial charge < -0.3 is 10.2 Å². The van der Waals surface area contributed by atoms with Crippen molar-refractivity contribution in [2.24, 2.45) is 0 Å². The minimum absolute atomic E-state index is 0.156. The summed E-state index contributed by atoms with van der Waals surface area (Å²) in [5.74, 6) is 0.268. The van der Waals surface area contributed by atoms with Gasteiger partial charge in [-0.05, 0) is 6.07 Å². The zero-order valence-electron chi connectivity index (χ0n) is 9.43. The van der Waals surface area contributed by atoms with Crippen LogP contribution in [0.15, 0.2) is 16.5 Å². The van der Waals surface area contributed by atoms with Crippen LogP contribution in [0.25, 0.3) is 0 Å². The van der Waals surface area contributed by atoms with Gasteiger partial charge in [0.15, 0.2) is 11.6 Å². The summed E-state index contributed by atoms with van der Waals surface area (Å²) >= 11 is 1.34. The number of nitrogens with zero attached hydrogens (tertiary/aromatic N) is 2. The number of hydrogen-bond acceptors (Lipinski definition) is 6. The summed E-state index contributed by atoms with van der Waals surface area (Å²) in [5.41, 5.74) is 5.38. The fourth-order valence-electron chi connectivity index (χ4n) is 1.15. The quantitative estimate of drug-likeness (QED) is 0.872. The lowest BCUT2D eigenvalue weighted by molar-refractivity contribution is 0.0997. The van der Waals surface area contributed by atoms with Crippen LogP contribution in [0.3, 0.4) is 0 Å². The van der Waals surface area contributed by atoms with Gasteiger partial charge in [-0.1, -0.05) is 25.2 Å². The fraction of sp³-hybridized carbons (Fsp3) is 0.300. The van der Waals surface area contributed by atoms with Gasteiger partial charge in [-0.2, -0.15) is 0 Å². The van der Waals surface area contributed by atoms with E-state index >= 15 is 0 Å². The van der Waals surface area contributed by atoms with Crippen LogP contribution in [0, 0.1) is 0 Å². The topological polar surface area (TPSA) is 94.0 Å². The highest BCUT2D eigenvalue weighted by Crippen LogP contribution is 2.23. The molecule has 2 aromatic rings. The molecule has 0 bridgehead atoms. The number of carbonyl (C=O) groups excluding carboxylic acids is 1. The van der Waals surface area contributed by atoms with Crippen molar-refractivity contribution in [1.82, 2.24) is 10.2 Å². The lowest BCUT2D eigenvalue weighted by Gasteiger charge is -1.96. The Hall–Kier alpha value is -1.89. The van der Waals surface area contributed by atoms with E-state index in [1.54, 1.807) is 0 Å². The number of carbonyl (C=O) groups is 1. The van der Waals surface area contributed by atoms with Gasteiger partial charge in [-0.3, -0.25) is 10.1 Å². The molecule has 0 aliphatic carbocycles. The number of hydrogen-bond donors (Lipinski definition) is 2. The molecule has 6 nitrogen and oxygen atoms in total. The number of anilines is 2. The zero-order valence-corrected chi connectivity index (χ0v) is 10.2. The van der Waals surface area contributed by atoms with Crippen molar-refractivity contribution in [3.05, 3.63) is 22.9 Å². The van der Waals surface area contributed by atoms with Gasteiger partial charge in [0.05, 0.1) is 0 Å². The summed E-state index contributed by atoms with van der Waals surface area (Å²) in [6.45, 7) is 4.03. The number of furan rings is 1. The van der Waals surface area contributed by atoms with Gasteiger partial charge in [0, 0.05) is 12.0 Å². The van der Waals surface area contributed by atoms with Gasteiger partial charge in [-0.25, -0.2) is 0 Å². The molecular formula is C10H12N4O2S. The summed E-state index contributed by atoms with van der Waals surface area (Å²) in [4.78, 5) is 11.7. The predicted molar refractivity (Wildman–Crippen MR) is 65.1 cm³/mol. The Bertz CT molecular complexity index is 532. The van der Waals surface area contributed by atoms with E-state index in [1.165, 1.54) is 23.5 Å². The van der Waals surface area contributed by atoms with Crippen LogP contribution in [0.5, 0.6) is 0 Å². The van der Waals surface area contributed by atoms with Crippen molar-refractivity contribution in [2.75, 3.05) is 11.1 Å². The normalized spacial score (nSPS) is 10.8. The molecule has 3 N–H and O–H groups in total. The first-order valence-corrected chi connectivity index (χ1v) is 5.88. The van der Waals surface area contributed by atoms with Crippen molar-refractivity contribution >= 4 is 28.3 Å². The van der Waals surface area contributed by atoms with Crippen LogP contribution in [0.2, 0.25) is 0 Å². The second kappa shape index (κ2) is 4.54. The second-order valence-electron chi connectivity index (χ2n) is 3.76. The molecule has 0 radical (unpaired) electrons. The molecule has 90 valence electrons. The molecule has 0 aliphatic rings. The Labute approximate surface area is 102 Å². The molecular weight excluding hydrogens is 240 g/mol. The Morgan fingerprint density at radius 1 is 1.47 bits per heavy atom. The number of aromatic nitrogens is 2. The van der Waals surface area contributed by atoms with Crippen LogP contribution >= 0.6 is 11.3 Å². The van der Waals surface area contributed by atoms with Crippen LogP contribution < -0.4 is 11.1 Å². The third-order valence-electron chi connectivity index (χ3n) is 2.01. The Morgan fingerprint density at radius 3 is 2.76 bits per heavy atom. The SMILES string of the molecule is CC(C)c1nnc(NC(=O)c2ccc(N)o2)s1. The van der Waals surface area contributed by atoms with Gasteiger partial charge in [0.25, 0.3) is 5.91 Å². The summed E-state index contributed by atoms with van der Waals surface area (Å²) in [7, 11) is 0. The number of nitrogens with one attached hydrogen (secondary N) is 1. The molecule has 0 spiro atoms. The van der Waals surface area contributed by atoms with Crippen LogP contribution in [0.4, 0.5) is 11.0 Å². The summed E-state index contributed by atoms with van der Waals surface area (Å²) in [5, 5.41) is 11.8. The molecule has 0 aromatic carbocycles. The van der Waals surface area contributed by atoms with Crippen LogP contribution in [-0.2, 0) is 0 Å². The summed E-state index contributed by atoms with van der Waals surface area (Å²) in [6, 6.07) is 3.03. The van der Waals surface area contributed by atoms with E-state index in [4.69, 9.17) is 10.2 Å². The van der Waals surface area contributed by atoms with Crippen molar-refractivity contribution in [3.8, 4) is 0 Å².